The first kappa shape index (κ1) is 11.8. The van der Waals surface area contributed by atoms with Crippen LogP contribution in [0.4, 0.5) is 0 Å². The van der Waals surface area contributed by atoms with Crippen molar-refractivity contribution in [2.24, 2.45) is 12.5 Å². The zero-order valence-electron chi connectivity index (χ0n) is 10.3. The lowest BCUT2D eigenvalue weighted by Gasteiger charge is -2.19. The molecule has 0 aromatic carbocycles. The summed E-state index contributed by atoms with van der Waals surface area (Å²) in [5.74, 6) is 0.391. The Morgan fingerprint density at radius 3 is 2.65 bits per heavy atom. The predicted octanol–water partition coefficient (Wildman–Crippen LogP) is 0.490. The second-order valence-electron chi connectivity index (χ2n) is 4.68. The van der Waals surface area contributed by atoms with E-state index in [1.165, 1.54) is 11.2 Å². The Bertz CT molecular complexity index is 468. The van der Waals surface area contributed by atoms with E-state index >= 15 is 0 Å². The van der Waals surface area contributed by atoms with E-state index in [1.54, 1.807) is 11.7 Å². The van der Waals surface area contributed by atoms with Gasteiger partial charge in [0, 0.05) is 13.5 Å². The van der Waals surface area contributed by atoms with Gasteiger partial charge in [-0.3, -0.25) is 19.2 Å². The van der Waals surface area contributed by atoms with Gasteiger partial charge in [-0.05, 0) is 6.42 Å². The van der Waals surface area contributed by atoms with Crippen molar-refractivity contribution in [2.75, 3.05) is 0 Å². The van der Waals surface area contributed by atoms with Crippen LogP contribution in [0.3, 0.4) is 0 Å². The summed E-state index contributed by atoms with van der Waals surface area (Å²) >= 11 is 0. The van der Waals surface area contributed by atoms with Crippen molar-refractivity contribution < 1.29 is 9.59 Å². The van der Waals surface area contributed by atoms with Gasteiger partial charge in [0.25, 0.3) is 0 Å². The fraction of sp³-hybridized carbons (Fsp3) is 0.636. The third kappa shape index (κ3) is 1.83. The van der Waals surface area contributed by atoms with Crippen LogP contribution in [0.5, 0.6) is 0 Å². The fourth-order valence-corrected chi connectivity index (χ4v) is 1.98. The van der Waals surface area contributed by atoms with Gasteiger partial charge in [0.1, 0.15) is 12.2 Å². The van der Waals surface area contributed by atoms with Crippen LogP contribution in [-0.2, 0) is 23.2 Å². The first-order valence-corrected chi connectivity index (χ1v) is 5.65. The van der Waals surface area contributed by atoms with E-state index in [1.807, 2.05) is 13.8 Å². The van der Waals surface area contributed by atoms with Crippen molar-refractivity contribution in [3.63, 3.8) is 0 Å². The number of carbonyl (C=O) groups excluding carboxylic acids is 2. The molecule has 1 atom stereocenters. The molecule has 2 rings (SSSR count). The number of rotatable bonds is 3. The number of aryl methyl sites for hydroxylation is 1. The minimum Gasteiger partial charge on any atom is -0.274 e. The van der Waals surface area contributed by atoms with E-state index in [0.717, 1.165) is 0 Å². The minimum atomic E-state index is -0.546. The van der Waals surface area contributed by atoms with Gasteiger partial charge in [0.05, 0.1) is 12.0 Å². The van der Waals surface area contributed by atoms with E-state index in [-0.39, 0.29) is 18.4 Å². The van der Waals surface area contributed by atoms with Crippen LogP contribution in [0.25, 0.3) is 0 Å². The lowest BCUT2D eigenvalue weighted by Crippen LogP contribution is -2.34. The van der Waals surface area contributed by atoms with Gasteiger partial charge in [-0.1, -0.05) is 13.8 Å². The number of likely N-dealkylation sites (tertiary alicyclic amines) is 1. The summed E-state index contributed by atoms with van der Waals surface area (Å²) in [6, 6.07) is 0. The van der Waals surface area contributed by atoms with Crippen LogP contribution < -0.4 is 0 Å². The summed E-state index contributed by atoms with van der Waals surface area (Å²) in [7, 11) is 1.74. The number of imide groups is 1. The van der Waals surface area contributed by atoms with Crippen molar-refractivity contribution >= 4 is 11.8 Å². The van der Waals surface area contributed by atoms with Crippen LogP contribution in [0.2, 0.25) is 0 Å². The van der Waals surface area contributed by atoms with Gasteiger partial charge in [0.2, 0.25) is 11.8 Å². The molecule has 17 heavy (non-hydrogen) atoms. The van der Waals surface area contributed by atoms with Gasteiger partial charge in [-0.25, -0.2) is 4.98 Å². The molecular formula is C11H16N4O2. The lowest BCUT2D eigenvalue weighted by molar-refractivity contribution is -0.142. The van der Waals surface area contributed by atoms with Crippen LogP contribution in [-0.4, -0.2) is 31.5 Å². The molecule has 0 radical (unpaired) electrons. The predicted molar refractivity (Wildman–Crippen MR) is 59.6 cm³/mol. The average Bonchev–Trinajstić information content (AvgIpc) is 2.78. The van der Waals surface area contributed by atoms with Crippen LogP contribution in [0.15, 0.2) is 6.33 Å². The van der Waals surface area contributed by atoms with E-state index in [4.69, 9.17) is 0 Å². The van der Waals surface area contributed by atoms with Gasteiger partial charge < -0.3 is 0 Å². The van der Waals surface area contributed by atoms with E-state index in [9.17, 15) is 9.59 Å². The van der Waals surface area contributed by atoms with Crippen LogP contribution in [0.1, 0.15) is 32.5 Å². The molecule has 0 N–H and O–H groups in total. The summed E-state index contributed by atoms with van der Waals surface area (Å²) in [5, 5.41) is 3.92. The molecule has 6 nitrogen and oxygen atoms in total. The Hall–Kier alpha value is -1.72. The third-order valence-electron chi connectivity index (χ3n) is 3.49. The molecular weight excluding hydrogens is 220 g/mol. The second kappa shape index (κ2) is 3.94. The van der Waals surface area contributed by atoms with Gasteiger partial charge in [0.15, 0.2) is 0 Å². The highest BCUT2D eigenvalue weighted by atomic mass is 16.2. The maximum Gasteiger partial charge on any atom is 0.236 e. The zero-order valence-corrected chi connectivity index (χ0v) is 10.3. The van der Waals surface area contributed by atoms with Crippen molar-refractivity contribution in [2.45, 2.75) is 33.2 Å². The average molecular weight is 236 g/mol. The molecule has 1 aromatic heterocycles. The Morgan fingerprint density at radius 1 is 1.47 bits per heavy atom. The number of carbonyl (C=O) groups is 2. The van der Waals surface area contributed by atoms with Crippen LogP contribution >= 0.6 is 0 Å². The van der Waals surface area contributed by atoms with E-state index < -0.39 is 5.41 Å². The molecule has 0 bridgehead atoms. The largest absolute Gasteiger partial charge is 0.274 e. The Labute approximate surface area is 99.6 Å². The SMILES string of the molecule is CCC1(C)CC(=O)N(Cc2ncnn2C)C1=O. The number of aromatic nitrogens is 3. The number of nitrogens with zero attached hydrogens (tertiary/aromatic N) is 4. The normalized spacial score (nSPS) is 24.8. The number of hydrogen-bond donors (Lipinski definition) is 0. The van der Waals surface area contributed by atoms with Crippen LogP contribution in [0, 0.1) is 5.41 Å². The molecule has 1 aliphatic rings. The van der Waals surface area contributed by atoms with Crippen molar-refractivity contribution in [3.05, 3.63) is 12.2 Å². The molecule has 1 saturated heterocycles. The van der Waals surface area contributed by atoms with E-state index in [0.29, 0.717) is 18.7 Å². The smallest absolute Gasteiger partial charge is 0.236 e. The second-order valence-corrected chi connectivity index (χ2v) is 4.68. The summed E-state index contributed by atoms with van der Waals surface area (Å²) in [4.78, 5) is 29.3. The summed E-state index contributed by atoms with van der Waals surface area (Å²) in [6.07, 6.45) is 2.38. The summed E-state index contributed by atoms with van der Waals surface area (Å²) in [6.45, 7) is 3.98. The minimum absolute atomic E-state index is 0.104. The fourth-order valence-electron chi connectivity index (χ4n) is 1.98. The highest BCUT2D eigenvalue weighted by Crippen LogP contribution is 2.35. The molecule has 0 aliphatic carbocycles. The molecule has 0 saturated carbocycles. The molecule has 0 spiro atoms. The standard InChI is InChI=1S/C11H16N4O2/c1-4-11(2)5-9(16)15(10(11)17)6-8-12-7-13-14(8)3/h7H,4-6H2,1-3H3. The first-order chi connectivity index (χ1) is 7.98. The summed E-state index contributed by atoms with van der Waals surface area (Å²) < 4.78 is 1.57. The molecule has 1 aromatic rings. The molecule has 6 heteroatoms. The van der Waals surface area contributed by atoms with Crippen molar-refractivity contribution in [1.29, 1.82) is 0 Å². The molecule has 1 fully saturated rings. The van der Waals surface area contributed by atoms with Crippen molar-refractivity contribution in [3.8, 4) is 0 Å². The molecule has 2 heterocycles. The van der Waals surface area contributed by atoms with E-state index in [2.05, 4.69) is 10.1 Å². The lowest BCUT2D eigenvalue weighted by atomic mass is 9.86. The number of amides is 2. The third-order valence-corrected chi connectivity index (χ3v) is 3.49. The topological polar surface area (TPSA) is 68.1 Å². The molecule has 2 amide bonds. The van der Waals surface area contributed by atoms with Gasteiger partial charge >= 0.3 is 0 Å². The summed E-state index contributed by atoms with van der Waals surface area (Å²) in [5.41, 5.74) is -0.546. The quantitative estimate of drug-likeness (QED) is 0.716. The van der Waals surface area contributed by atoms with Gasteiger partial charge in [-0.2, -0.15) is 5.10 Å². The van der Waals surface area contributed by atoms with Gasteiger partial charge in [-0.15, -0.1) is 0 Å². The first-order valence-electron chi connectivity index (χ1n) is 5.65. The molecule has 1 unspecified atom stereocenters. The maximum atomic E-state index is 12.2. The zero-order chi connectivity index (χ0) is 12.6. The maximum absolute atomic E-state index is 12.2. The number of hydrogen-bond acceptors (Lipinski definition) is 4. The molecule has 1 aliphatic heterocycles. The Morgan fingerprint density at radius 2 is 2.18 bits per heavy atom. The highest BCUT2D eigenvalue weighted by molar-refractivity contribution is 6.05. The van der Waals surface area contributed by atoms with Crippen molar-refractivity contribution in [1.82, 2.24) is 19.7 Å². The monoisotopic (exact) mass is 236 g/mol. The highest BCUT2D eigenvalue weighted by Gasteiger charge is 2.47. The Kier molecular flexibility index (Phi) is 2.73. The Balaban J connectivity index is 2.21. The molecule has 92 valence electrons.